The van der Waals surface area contributed by atoms with Crippen LogP contribution in [0.1, 0.15) is 271 Å². The molecule has 0 radical (unpaired) electrons. The fourth-order valence-corrected chi connectivity index (χ4v) is 8.29. The quantitative estimate of drug-likeness (QED) is 0.0321. The average Bonchev–Trinajstić information content (AvgIpc) is 3.31. The zero-order valence-electron chi connectivity index (χ0n) is 43.6. The summed E-state index contributed by atoms with van der Waals surface area (Å²) in [4.78, 5) is 26.2. The number of ether oxygens (including phenoxy) is 1. The first kappa shape index (κ1) is 63.3. The summed E-state index contributed by atoms with van der Waals surface area (Å²) in [7, 11) is 0. The lowest BCUT2D eigenvalue weighted by Crippen LogP contribution is -2.46. The maximum absolute atomic E-state index is 13.3. The van der Waals surface area contributed by atoms with E-state index in [0.29, 0.717) is 25.7 Å². The van der Waals surface area contributed by atoms with E-state index >= 15 is 0 Å². The minimum atomic E-state index is -0.804. The van der Waals surface area contributed by atoms with Gasteiger partial charge in [0, 0.05) is 6.42 Å². The Bertz CT molecular complexity index is 1220. The molecule has 0 aromatic heterocycles. The number of allylic oxidation sites excluding steroid dienone is 12. The molecule has 0 saturated carbocycles. The van der Waals surface area contributed by atoms with Gasteiger partial charge in [-0.25, -0.2) is 0 Å². The highest BCUT2D eigenvalue weighted by Gasteiger charge is 2.24. The zero-order chi connectivity index (χ0) is 48.1. The van der Waals surface area contributed by atoms with Crippen molar-refractivity contribution in [3.8, 4) is 0 Å². The van der Waals surface area contributed by atoms with Crippen LogP contribution in [0.15, 0.2) is 72.9 Å². The van der Waals surface area contributed by atoms with Crippen molar-refractivity contribution in [2.75, 3.05) is 6.61 Å². The highest BCUT2D eigenvalue weighted by molar-refractivity contribution is 5.77. The first-order valence-corrected chi connectivity index (χ1v) is 28.2. The number of aliphatic hydroxyl groups is 2. The Kier molecular flexibility index (Phi) is 51.1. The molecule has 0 aromatic rings. The molecule has 0 aromatic carbocycles. The Hall–Kier alpha value is -2.70. The van der Waals surface area contributed by atoms with Gasteiger partial charge in [0.25, 0.3) is 0 Å². The molecule has 0 aliphatic heterocycles. The largest absolute Gasteiger partial charge is 0.462 e. The van der Waals surface area contributed by atoms with Gasteiger partial charge in [0.05, 0.1) is 25.2 Å². The van der Waals surface area contributed by atoms with Crippen LogP contribution in [-0.2, 0) is 14.3 Å². The summed E-state index contributed by atoms with van der Waals surface area (Å²) >= 11 is 0. The second kappa shape index (κ2) is 53.3. The van der Waals surface area contributed by atoms with Gasteiger partial charge in [-0.2, -0.15) is 0 Å². The lowest BCUT2D eigenvalue weighted by molar-refractivity contribution is -0.151. The van der Waals surface area contributed by atoms with Gasteiger partial charge in [-0.1, -0.05) is 241 Å². The molecule has 0 saturated heterocycles. The fraction of sp³-hybridized carbons (Fsp3) is 0.767. The number of carbonyl (C=O) groups excluding carboxylic acids is 2. The average molecular weight is 923 g/mol. The first-order chi connectivity index (χ1) is 32.5. The summed E-state index contributed by atoms with van der Waals surface area (Å²) in [5, 5.41) is 23.8. The van der Waals surface area contributed by atoms with Gasteiger partial charge in [-0.05, 0) is 89.9 Å². The van der Waals surface area contributed by atoms with E-state index in [4.69, 9.17) is 4.74 Å². The molecule has 6 heteroatoms. The van der Waals surface area contributed by atoms with Crippen LogP contribution in [0.2, 0.25) is 0 Å². The molecule has 0 rings (SSSR count). The van der Waals surface area contributed by atoms with Gasteiger partial charge in [0.2, 0.25) is 5.91 Å². The molecule has 1 amide bonds. The van der Waals surface area contributed by atoms with Crippen LogP contribution in [0.4, 0.5) is 0 Å². The van der Waals surface area contributed by atoms with Crippen LogP contribution in [0, 0.1) is 0 Å². The van der Waals surface area contributed by atoms with Crippen LogP contribution in [0.25, 0.3) is 0 Å². The van der Waals surface area contributed by atoms with Gasteiger partial charge in [-0.15, -0.1) is 0 Å². The number of hydrogen-bond acceptors (Lipinski definition) is 5. The molecular weight excluding hydrogens is 815 g/mol. The van der Waals surface area contributed by atoms with Crippen molar-refractivity contribution >= 4 is 11.9 Å². The second-order valence-corrected chi connectivity index (χ2v) is 19.0. The SMILES string of the molecule is CC/C=C\C/C=C\C/C=C\C/C=C\C/C=C\CCCC(=O)OC(CCCCC/C=C/CCCCCCCCCCC)CC(=O)NC(CO)C(O)CCCCCCCCCCCCCCCC. The van der Waals surface area contributed by atoms with Gasteiger partial charge < -0.3 is 20.3 Å². The molecule has 0 bridgehead atoms. The van der Waals surface area contributed by atoms with Crippen LogP contribution < -0.4 is 5.32 Å². The molecule has 382 valence electrons. The molecule has 0 aliphatic carbocycles. The predicted molar refractivity (Wildman–Crippen MR) is 287 cm³/mol. The van der Waals surface area contributed by atoms with Gasteiger partial charge in [0.1, 0.15) is 6.10 Å². The summed E-state index contributed by atoms with van der Waals surface area (Å²) in [6.45, 7) is 6.37. The standard InChI is InChI=1S/C60H107NO5/c1-4-7-10-13-16-19-22-25-28-30-32-35-38-41-44-47-50-53-60(65)66-56(51-48-45-42-39-36-33-31-29-26-23-20-17-14-11-8-5-2)54-59(64)61-57(55-62)58(63)52-49-46-43-40-37-34-27-24-21-18-15-12-9-6-3/h7,10,16,19,25,28,32-33,35-36,41,44,56-58,62-63H,4-6,8-9,11-15,17-18,20-24,26-27,29-31,34,37-40,42-43,45-55H2,1-3H3,(H,61,64)/b10-7-,19-16-,28-25-,35-32-,36-33+,44-41-. The van der Waals surface area contributed by atoms with E-state index < -0.39 is 18.2 Å². The highest BCUT2D eigenvalue weighted by atomic mass is 16.5. The van der Waals surface area contributed by atoms with Gasteiger partial charge in [-0.3, -0.25) is 9.59 Å². The predicted octanol–water partition coefficient (Wildman–Crippen LogP) is 17.3. The third-order valence-corrected chi connectivity index (χ3v) is 12.5. The number of aliphatic hydroxyl groups excluding tert-OH is 2. The Morgan fingerprint density at radius 2 is 0.818 bits per heavy atom. The normalized spacial score (nSPS) is 13.7. The van der Waals surface area contributed by atoms with E-state index in [2.05, 4.69) is 99.0 Å². The third kappa shape index (κ3) is 47.8. The molecule has 3 unspecified atom stereocenters. The second-order valence-electron chi connectivity index (χ2n) is 19.0. The molecule has 6 nitrogen and oxygen atoms in total. The number of hydrogen-bond donors (Lipinski definition) is 3. The number of esters is 1. The number of amides is 1. The van der Waals surface area contributed by atoms with Crippen molar-refractivity contribution in [2.24, 2.45) is 0 Å². The van der Waals surface area contributed by atoms with Gasteiger partial charge in [0.15, 0.2) is 0 Å². The lowest BCUT2D eigenvalue weighted by atomic mass is 10.0. The summed E-state index contributed by atoms with van der Waals surface area (Å²) in [5.41, 5.74) is 0. The Morgan fingerprint density at radius 1 is 0.455 bits per heavy atom. The topological polar surface area (TPSA) is 95.9 Å². The minimum absolute atomic E-state index is 0.0429. The molecule has 0 fully saturated rings. The van der Waals surface area contributed by atoms with E-state index in [1.165, 1.54) is 128 Å². The number of rotatable bonds is 50. The lowest BCUT2D eigenvalue weighted by Gasteiger charge is -2.24. The van der Waals surface area contributed by atoms with E-state index in [1.54, 1.807) is 0 Å². The van der Waals surface area contributed by atoms with Crippen molar-refractivity contribution in [1.82, 2.24) is 5.32 Å². The molecule has 0 heterocycles. The van der Waals surface area contributed by atoms with Crippen molar-refractivity contribution in [1.29, 1.82) is 0 Å². The summed E-state index contributed by atoms with van der Waals surface area (Å²) < 4.78 is 5.92. The number of nitrogens with one attached hydrogen (secondary N) is 1. The van der Waals surface area contributed by atoms with Crippen LogP contribution >= 0.6 is 0 Å². The Labute approximate surface area is 409 Å². The molecule has 3 atom stereocenters. The zero-order valence-corrected chi connectivity index (χ0v) is 43.6. The fourth-order valence-electron chi connectivity index (χ4n) is 8.29. The summed E-state index contributed by atoms with van der Waals surface area (Å²) in [6.07, 6.45) is 68.3. The van der Waals surface area contributed by atoms with E-state index in [9.17, 15) is 19.8 Å². The summed E-state index contributed by atoms with van der Waals surface area (Å²) in [6, 6.07) is -0.721. The van der Waals surface area contributed by atoms with Crippen LogP contribution in [-0.4, -0.2) is 46.9 Å². The van der Waals surface area contributed by atoms with Crippen molar-refractivity contribution < 1.29 is 24.5 Å². The summed E-state index contributed by atoms with van der Waals surface area (Å²) in [5.74, 6) is -0.554. The smallest absolute Gasteiger partial charge is 0.306 e. The minimum Gasteiger partial charge on any atom is -0.462 e. The number of unbranched alkanes of at least 4 members (excludes halogenated alkanes) is 26. The molecule has 0 spiro atoms. The van der Waals surface area contributed by atoms with Crippen molar-refractivity contribution in [3.05, 3.63) is 72.9 Å². The van der Waals surface area contributed by atoms with Crippen molar-refractivity contribution in [3.63, 3.8) is 0 Å². The third-order valence-electron chi connectivity index (χ3n) is 12.5. The van der Waals surface area contributed by atoms with Crippen LogP contribution in [0.5, 0.6) is 0 Å². The first-order valence-electron chi connectivity index (χ1n) is 28.2. The van der Waals surface area contributed by atoms with E-state index in [0.717, 1.165) is 89.9 Å². The molecule has 66 heavy (non-hydrogen) atoms. The number of carbonyl (C=O) groups is 2. The highest BCUT2D eigenvalue weighted by Crippen LogP contribution is 2.17. The Balaban J connectivity index is 4.68. The van der Waals surface area contributed by atoms with E-state index in [1.807, 2.05) is 0 Å². The molecule has 3 N–H and O–H groups in total. The van der Waals surface area contributed by atoms with E-state index in [-0.39, 0.29) is 24.9 Å². The van der Waals surface area contributed by atoms with Gasteiger partial charge >= 0.3 is 5.97 Å². The van der Waals surface area contributed by atoms with Crippen molar-refractivity contribution in [2.45, 2.75) is 289 Å². The molecule has 0 aliphatic rings. The molecular formula is C60H107NO5. The van der Waals surface area contributed by atoms with Crippen LogP contribution in [0.3, 0.4) is 0 Å². The monoisotopic (exact) mass is 922 g/mol. The maximum atomic E-state index is 13.3. The Morgan fingerprint density at radius 3 is 1.27 bits per heavy atom. The maximum Gasteiger partial charge on any atom is 0.306 e.